The lowest BCUT2D eigenvalue weighted by molar-refractivity contribution is 0.0531. The van der Waals surface area contributed by atoms with Gasteiger partial charge in [-0.05, 0) is 31.5 Å². The number of rotatable bonds is 5. The van der Waals surface area contributed by atoms with Crippen molar-refractivity contribution in [3.63, 3.8) is 0 Å². The van der Waals surface area contributed by atoms with Gasteiger partial charge in [-0.15, -0.1) is 23.1 Å². The molecule has 0 saturated heterocycles. The van der Waals surface area contributed by atoms with E-state index < -0.39 is 0 Å². The predicted molar refractivity (Wildman–Crippen MR) is 114 cm³/mol. The van der Waals surface area contributed by atoms with Crippen LogP contribution < -0.4 is 5.73 Å². The number of carbonyl (C=O) groups is 1. The van der Waals surface area contributed by atoms with E-state index in [4.69, 9.17) is 10.5 Å². The van der Waals surface area contributed by atoms with Crippen molar-refractivity contribution < 1.29 is 9.53 Å². The Morgan fingerprint density at radius 2 is 2.07 bits per heavy atom. The molecule has 0 aliphatic heterocycles. The summed E-state index contributed by atoms with van der Waals surface area (Å²) in [5.41, 5.74) is 7.92. The van der Waals surface area contributed by atoms with Crippen LogP contribution in [0.5, 0.6) is 0 Å². The third-order valence-corrected chi connectivity index (χ3v) is 6.53. The Bertz CT molecular complexity index is 1180. The highest BCUT2D eigenvalue weighted by Gasteiger charge is 2.20. The quantitative estimate of drug-likeness (QED) is 0.380. The number of carbonyl (C=O) groups excluding carboxylic acids is 1. The molecule has 0 radical (unpaired) electrons. The topological polar surface area (TPSA) is 91.0 Å². The van der Waals surface area contributed by atoms with Gasteiger partial charge in [0.15, 0.2) is 0 Å². The number of pyridine rings is 1. The summed E-state index contributed by atoms with van der Waals surface area (Å²) in [7, 11) is 0. The maximum Gasteiger partial charge on any atom is 0.348 e. The molecule has 0 fully saturated rings. The molecule has 2 N–H and O–H groups in total. The summed E-state index contributed by atoms with van der Waals surface area (Å²) in [5.74, 6) is 1.25. The number of aromatic nitrogens is 3. The Morgan fingerprint density at radius 3 is 2.89 bits per heavy atom. The van der Waals surface area contributed by atoms with Crippen LogP contribution in [0.3, 0.4) is 0 Å². The van der Waals surface area contributed by atoms with Crippen LogP contribution in [0.25, 0.3) is 21.1 Å². The van der Waals surface area contributed by atoms with Crippen LogP contribution in [-0.2, 0) is 10.5 Å². The van der Waals surface area contributed by atoms with Crippen molar-refractivity contribution in [1.29, 1.82) is 0 Å². The number of ether oxygens (including phenoxy) is 1. The largest absolute Gasteiger partial charge is 0.462 e. The molecular formula is C20H18N4O2S2. The van der Waals surface area contributed by atoms with Crippen molar-refractivity contribution >= 4 is 56.0 Å². The first-order valence-corrected chi connectivity index (χ1v) is 10.6. The summed E-state index contributed by atoms with van der Waals surface area (Å²) in [6.45, 7) is 3.96. The summed E-state index contributed by atoms with van der Waals surface area (Å²) in [6.07, 6.45) is 1.80. The number of nitrogens with zero attached hydrogens (tertiary/aromatic N) is 3. The summed E-state index contributed by atoms with van der Waals surface area (Å²) in [5, 5.41) is 1.83. The number of nitrogen functional groups attached to an aromatic ring is 1. The van der Waals surface area contributed by atoms with Gasteiger partial charge in [0.05, 0.1) is 23.3 Å². The van der Waals surface area contributed by atoms with Crippen LogP contribution >= 0.6 is 23.1 Å². The van der Waals surface area contributed by atoms with Crippen molar-refractivity contribution in [1.82, 2.24) is 15.0 Å². The molecule has 1 aromatic carbocycles. The second-order valence-corrected chi connectivity index (χ2v) is 8.11. The Hall–Kier alpha value is -2.71. The number of aryl methyl sites for hydroxylation is 1. The number of nitrogens with two attached hydrogens (primary N) is 1. The summed E-state index contributed by atoms with van der Waals surface area (Å²) in [6, 6.07) is 10.0. The monoisotopic (exact) mass is 410 g/mol. The molecule has 6 nitrogen and oxygen atoms in total. The summed E-state index contributed by atoms with van der Waals surface area (Å²) in [4.78, 5) is 28.0. The van der Waals surface area contributed by atoms with Crippen LogP contribution in [-0.4, -0.2) is 27.5 Å². The van der Waals surface area contributed by atoms with Crippen molar-refractivity contribution in [2.75, 3.05) is 12.3 Å². The van der Waals surface area contributed by atoms with E-state index >= 15 is 0 Å². The van der Waals surface area contributed by atoms with E-state index in [1.54, 1.807) is 24.9 Å². The minimum Gasteiger partial charge on any atom is -0.462 e. The minimum atomic E-state index is -0.346. The fourth-order valence-corrected chi connectivity index (χ4v) is 5.01. The lowest BCUT2D eigenvalue weighted by Gasteiger charge is -2.06. The van der Waals surface area contributed by atoms with E-state index in [1.165, 1.54) is 11.3 Å². The van der Waals surface area contributed by atoms with Crippen LogP contribution in [0.4, 0.5) is 5.82 Å². The molecule has 0 aliphatic rings. The van der Waals surface area contributed by atoms with Gasteiger partial charge < -0.3 is 10.5 Å². The molecular weight excluding hydrogens is 392 g/mol. The highest BCUT2D eigenvalue weighted by Crippen LogP contribution is 2.34. The summed E-state index contributed by atoms with van der Waals surface area (Å²) >= 11 is 2.94. The van der Waals surface area contributed by atoms with Crippen LogP contribution in [0, 0.1) is 6.92 Å². The molecule has 0 aliphatic carbocycles. The molecule has 0 unspecified atom stereocenters. The number of hydrogen-bond acceptors (Lipinski definition) is 8. The van der Waals surface area contributed by atoms with E-state index in [-0.39, 0.29) is 5.97 Å². The Morgan fingerprint density at radius 1 is 1.25 bits per heavy atom. The zero-order valence-electron chi connectivity index (χ0n) is 15.4. The number of thiophene rings is 1. The zero-order valence-corrected chi connectivity index (χ0v) is 17.1. The molecule has 0 saturated carbocycles. The van der Waals surface area contributed by atoms with E-state index in [0.29, 0.717) is 33.7 Å². The van der Waals surface area contributed by atoms with Gasteiger partial charge in [0, 0.05) is 16.5 Å². The molecule has 0 atom stereocenters. The molecule has 4 aromatic rings. The standard InChI is InChI=1S/C20H18N4O2S2/c1-3-26-20(25)17-11(2)16-18(21)23-15(24-19(16)28-17)10-27-14-8-9-22-13-7-5-4-6-12(13)14/h4-9H,3,10H2,1-2H3,(H2,21,23,24). The molecule has 28 heavy (non-hydrogen) atoms. The second-order valence-electron chi connectivity index (χ2n) is 6.10. The smallest absolute Gasteiger partial charge is 0.348 e. The molecule has 4 rings (SSSR count). The molecule has 3 aromatic heterocycles. The van der Waals surface area contributed by atoms with Gasteiger partial charge in [-0.3, -0.25) is 4.98 Å². The van der Waals surface area contributed by atoms with Gasteiger partial charge in [-0.25, -0.2) is 14.8 Å². The maximum atomic E-state index is 12.2. The second kappa shape index (κ2) is 7.73. The first-order chi connectivity index (χ1) is 13.6. The van der Waals surface area contributed by atoms with E-state index in [9.17, 15) is 4.79 Å². The van der Waals surface area contributed by atoms with Crippen LogP contribution in [0.15, 0.2) is 41.4 Å². The number of anilines is 1. The number of benzene rings is 1. The minimum absolute atomic E-state index is 0.329. The molecule has 0 amide bonds. The molecule has 0 spiro atoms. The fourth-order valence-electron chi connectivity index (χ4n) is 3.01. The SMILES string of the molecule is CCOC(=O)c1sc2nc(CSc3ccnc4ccccc34)nc(N)c2c1C. The molecule has 142 valence electrons. The van der Waals surface area contributed by atoms with Crippen LogP contribution in [0.2, 0.25) is 0 Å². The maximum absolute atomic E-state index is 12.2. The number of thioether (sulfide) groups is 1. The molecule has 3 heterocycles. The third-order valence-electron chi connectivity index (χ3n) is 4.29. The lowest BCUT2D eigenvalue weighted by atomic mass is 10.2. The highest BCUT2D eigenvalue weighted by molar-refractivity contribution is 7.98. The van der Waals surface area contributed by atoms with Gasteiger partial charge in [0.2, 0.25) is 0 Å². The lowest BCUT2D eigenvalue weighted by Crippen LogP contribution is -2.03. The number of esters is 1. The first kappa shape index (κ1) is 18.6. The summed E-state index contributed by atoms with van der Waals surface area (Å²) < 4.78 is 5.13. The number of para-hydroxylation sites is 1. The van der Waals surface area contributed by atoms with Gasteiger partial charge in [0.25, 0.3) is 0 Å². The predicted octanol–water partition coefficient (Wildman–Crippen LogP) is 4.60. The number of hydrogen-bond donors (Lipinski definition) is 1. The van der Waals surface area contributed by atoms with Gasteiger partial charge in [-0.1, -0.05) is 18.2 Å². The zero-order chi connectivity index (χ0) is 19.7. The van der Waals surface area contributed by atoms with Crippen molar-refractivity contribution in [3.8, 4) is 0 Å². The Kier molecular flexibility index (Phi) is 5.15. The van der Waals surface area contributed by atoms with E-state index in [1.807, 2.05) is 31.2 Å². The Labute approximate surface area is 170 Å². The average molecular weight is 411 g/mol. The van der Waals surface area contributed by atoms with Gasteiger partial charge >= 0.3 is 5.97 Å². The normalized spacial score (nSPS) is 11.2. The van der Waals surface area contributed by atoms with Gasteiger partial charge in [-0.2, -0.15) is 0 Å². The third kappa shape index (κ3) is 3.41. The van der Waals surface area contributed by atoms with Crippen molar-refractivity contribution in [3.05, 3.63) is 52.8 Å². The molecule has 8 heteroatoms. The fraction of sp³-hybridized carbons (Fsp3) is 0.200. The van der Waals surface area contributed by atoms with E-state index in [0.717, 1.165) is 26.7 Å². The van der Waals surface area contributed by atoms with Crippen molar-refractivity contribution in [2.24, 2.45) is 0 Å². The van der Waals surface area contributed by atoms with Crippen LogP contribution in [0.1, 0.15) is 28.0 Å². The van der Waals surface area contributed by atoms with Gasteiger partial charge in [0.1, 0.15) is 21.3 Å². The number of fused-ring (bicyclic) bond motifs is 2. The van der Waals surface area contributed by atoms with E-state index in [2.05, 4.69) is 21.0 Å². The van der Waals surface area contributed by atoms with Crippen molar-refractivity contribution in [2.45, 2.75) is 24.5 Å². The Balaban J connectivity index is 1.65. The average Bonchev–Trinajstić information content (AvgIpc) is 3.03. The first-order valence-electron chi connectivity index (χ1n) is 8.77. The highest BCUT2D eigenvalue weighted by atomic mass is 32.2. The molecule has 0 bridgehead atoms.